The normalized spacial score (nSPS) is 11.0. The minimum absolute atomic E-state index is 0. The fraction of sp³-hybridized carbons (Fsp3) is 0.353. The Morgan fingerprint density at radius 1 is 1.10 bits per heavy atom. The summed E-state index contributed by atoms with van der Waals surface area (Å²) in [5.41, 5.74) is 4.02. The maximum absolute atomic E-state index is 7.00. The largest absolute Gasteiger partial charge is 2.00 e. The first-order chi connectivity index (χ1) is 8.61. The minimum Gasteiger partial charge on any atom is -0.400 e. The van der Waals surface area contributed by atoms with Gasteiger partial charge in [0, 0.05) is 7.11 Å². The Kier molecular flexibility index (Phi) is 24.9. The molecule has 0 bridgehead atoms. The third-order valence-corrected chi connectivity index (χ3v) is 2.20. The van der Waals surface area contributed by atoms with Crippen molar-refractivity contribution in [3.63, 3.8) is 0 Å². The van der Waals surface area contributed by atoms with Gasteiger partial charge in [-0.25, -0.2) is 0 Å². The van der Waals surface area contributed by atoms with Crippen LogP contribution in [-0.4, -0.2) is 12.2 Å². The van der Waals surface area contributed by atoms with Gasteiger partial charge in [0.25, 0.3) is 0 Å². The topological polar surface area (TPSA) is 20.2 Å². The van der Waals surface area contributed by atoms with E-state index in [2.05, 4.69) is 58.0 Å². The van der Waals surface area contributed by atoms with Crippen molar-refractivity contribution < 1.29 is 26.8 Å². The Balaban J connectivity index is -0.000000142. The van der Waals surface area contributed by atoms with Gasteiger partial charge in [-0.1, -0.05) is 17.7 Å². The van der Waals surface area contributed by atoms with Crippen LogP contribution in [0, 0.1) is 12.0 Å². The van der Waals surface area contributed by atoms with Crippen molar-refractivity contribution >= 4 is 30.4 Å². The number of rotatable bonds is 1. The zero-order valence-corrected chi connectivity index (χ0v) is 16.6. The monoisotopic (exact) mass is 364 g/mol. The molecule has 21 heavy (non-hydrogen) atoms. The van der Waals surface area contributed by atoms with E-state index in [0.717, 1.165) is 13.5 Å². The van der Waals surface area contributed by atoms with E-state index in [9.17, 15) is 0 Å². The molecule has 0 amide bonds. The Morgan fingerprint density at radius 2 is 1.62 bits per heavy atom. The van der Waals surface area contributed by atoms with Crippen LogP contribution in [0.15, 0.2) is 42.0 Å². The average Bonchev–Trinajstić information content (AvgIpc) is 2.78. The molecule has 0 heterocycles. The van der Waals surface area contributed by atoms with Crippen LogP contribution in [0.1, 0.15) is 39.7 Å². The number of hydrogen-bond acceptors (Lipinski definition) is 1. The zero-order valence-electron chi connectivity index (χ0n) is 13.4. The fourth-order valence-corrected chi connectivity index (χ4v) is 1.52. The summed E-state index contributed by atoms with van der Waals surface area (Å²) in [6.07, 6.45) is 5.44. The predicted molar refractivity (Wildman–Crippen MR) is 94.5 cm³/mol. The molecule has 1 nitrogen and oxygen atoms in total. The summed E-state index contributed by atoms with van der Waals surface area (Å²) < 4.78 is 0. The van der Waals surface area contributed by atoms with Gasteiger partial charge in [0.15, 0.2) is 0 Å². The smallest absolute Gasteiger partial charge is 0.400 e. The molecule has 1 aliphatic carbocycles. The average molecular weight is 365 g/mol. The van der Waals surface area contributed by atoms with E-state index in [1.165, 1.54) is 22.6 Å². The van der Waals surface area contributed by atoms with Crippen molar-refractivity contribution in [2.24, 2.45) is 0 Å². The Labute approximate surface area is 157 Å². The maximum Gasteiger partial charge on any atom is 2.00 e. The van der Waals surface area contributed by atoms with Crippen molar-refractivity contribution in [1.82, 2.24) is 0 Å². The second-order valence-corrected chi connectivity index (χ2v) is 4.54. The standard InChI is InChI=1S/C12H11.C4H9.CH4O.2ClH.Ti/c1-10-6-5-9-12(10)11-7-3-2-4-8-11;1-4(2)3;1-2;;;/h2-7H,9H2,1H3;1-3H3;2H,1H3;2*1H;/q2*-1;;;;+2. The van der Waals surface area contributed by atoms with Crippen LogP contribution in [0.4, 0.5) is 0 Å². The number of halogens is 2. The van der Waals surface area contributed by atoms with E-state index in [1.54, 1.807) is 0 Å². The van der Waals surface area contributed by atoms with E-state index in [1.807, 2.05) is 12.1 Å². The van der Waals surface area contributed by atoms with Gasteiger partial charge in [-0.05, 0) is 13.3 Å². The van der Waals surface area contributed by atoms with Crippen molar-refractivity contribution in [2.75, 3.05) is 7.11 Å². The van der Waals surface area contributed by atoms with Crippen molar-refractivity contribution in [3.05, 3.63) is 59.5 Å². The minimum atomic E-state index is 0. The molecule has 0 atom stereocenters. The second kappa shape index (κ2) is 18.0. The van der Waals surface area contributed by atoms with Gasteiger partial charge in [0.1, 0.15) is 0 Å². The van der Waals surface area contributed by atoms with Crippen LogP contribution < -0.4 is 0 Å². The SMILES string of the molecule is CC1=C(c2[c-]cccc2)CC=C1.CO.C[C-](C)C.Cl.Cl.[Ti+2]. The summed E-state index contributed by atoms with van der Waals surface area (Å²) in [4.78, 5) is 0. The van der Waals surface area contributed by atoms with E-state index in [-0.39, 0.29) is 46.5 Å². The summed E-state index contributed by atoms with van der Waals surface area (Å²) >= 11 is 0. The van der Waals surface area contributed by atoms with E-state index >= 15 is 0 Å². The summed E-state index contributed by atoms with van der Waals surface area (Å²) in [5.74, 6) is 1.42. The van der Waals surface area contributed by atoms with Gasteiger partial charge in [-0.3, -0.25) is 0 Å². The molecule has 0 aromatic heterocycles. The van der Waals surface area contributed by atoms with Crippen LogP contribution in [0.3, 0.4) is 0 Å². The van der Waals surface area contributed by atoms with Crippen molar-refractivity contribution in [2.45, 2.75) is 34.1 Å². The Hall–Kier alpha value is -0.0457. The third kappa shape index (κ3) is 13.3. The summed E-state index contributed by atoms with van der Waals surface area (Å²) in [5, 5.41) is 7.00. The summed E-state index contributed by atoms with van der Waals surface area (Å²) in [6.45, 7) is 8.40. The molecule has 0 fully saturated rings. The molecule has 0 saturated carbocycles. The number of aliphatic hydroxyl groups is 1. The van der Waals surface area contributed by atoms with E-state index in [4.69, 9.17) is 5.11 Å². The van der Waals surface area contributed by atoms with Crippen molar-refractivity contribution in [3.8, 4) is 0 Å². The number of benzene rings is 1. The fourth-order valence-electron chi connectivity index (χ4n) is 1.52. The van der Waals surface area contributed by atoms with Crippen LogP contribution in [-0.2, 0) is 21.7 Å². The molecule has 0 radical (unpaired) electrons. The van der Waals surface area contributed by atoms with Gasteiger partial charge in [-0.2, -0.15) is 20.8 Å². The van der Waals surface area contributed by atoms with E-state index in [0.29, 0.717) is 0 Å². The first kappa shape index (κ1) is 29.0. The molecule has 1 aromatic rings. The predicted octanol–water partition coefficient (Wildman–Crippen LogP) is 5.29. The molecule has 0 aliphatic heterocycles. The van der Waals surface area contributed by atoms with Gasteiger partial charge < -0.3 is 11.0 Å². The Morgan fingerprint density at radius 3 is 1.95 bits per heavy atom. The van der Waals surface area contributed by atoms with Gasteiger partial charge in [0.2, 0.25) is 0 Å². The maximum atomic E-state index is 7.00. The third-order valence-electron chi connectivity index (χ3n) is 2.20. The second-order valence-electron chi connectivity index (χ2n) is 4.54. The molecular weight excluding hydrogens is 339 g/mol. The zero-order chi connectivity index (χ0) is 14.0. The summed E-state index contributed by atoms with van der Waals surface area (Å²) in [7, 11) is 1.00. The quantitative estimate of drug-likeness (QED) is 0.530. The first-order valence-corrected chi connectivity index (χ1v) is 6.16. The molecule has 1 aromatic carbocycles. The molecule has 0 unspecified atom stereocenters. The van der Waals surface area contributed by atoms with Gasteiger partial charge >= 0.3 is 21.7 Å². The molecule has 1 aliphatic rings. The number of hydrogen-bond donors (Lipinski definition) is 1. The molecule has 1 N–H and O–H groups in total. The van der Waals surface area contributed by atoms with Gasteiger partial charge in [-0.15, -0.1) is 66.3 Å². The molecular formula is C17H26Cl2OTi. The van der Waals surface area contributed by atoms with Crippen molar-refractivity contribution in [1.29, 1.82) is 0 Å². The molecule has 118 valence electrons. The number of aliphatic hydroxyl groups excluding tert-OH is 1. The first-order valence-electron chi connectivity index (χ1n) is 6.16. The van der Waals surface area contributed by atoms with Crippen LogP contribution in [0.5, 0.6) is 0 Å². The van der Waals surface area contributed by atoms with Crippen LogP contribution in [0.25, 0.3) is 5.57 Å². The Bertz CT molecular complexity index is 384. The van der Waals surface area contributed by atoms with Crippen LogP contribution in [0.2, 0.25) is 0 Å². The molecule has 0 saturated heterocycles. The van der Waals surface area contributed by atoms with Crippen LogP contribution >= 0.6 is 24.8 Å². The summed E-state index contributed by atoms with van der Waals surface area (Å²) in [6, 6.07) is 11.4. The molecule has 4 heteroatoms. The molecule has 0 spiro atoms. The van der Waals surface area contributed by atoms with Gasteiger partial charge in [0.05, 0.1) is 0 Å². The van der Waals surface area contributed by atoms with E-state index < -0.39 is 0 Å². The molecule has 2 rings (SSSR count). The number of allylic oxidation sites excluding steroid dienone is 4.